The molecule has 36 heavy (non-hydrogen) atoms. The van der Waals surface area contributed by atoms with Gasteiger partial charge in [0.1, 0.15) is 0 Å². The third-order valence-electron chi connectivity index (χ3n) is 6.94. The Kier molecular flexibility index (Phi) is 4.82. The summed E-state index contributed by atoms with van der Waals surface area (Å²) in [5, 5.41) is 7.41. The molecule has 0 saturated heterocycles. The van der Waals surface area contributed by atoms with E-state index in [1.807, 2.05) is 6.07 Å². The van der Waals surface area contributed by atoms with E-state index in [4.69, 9.17) is 0 Å². The second-order valence-electron chi connectivity index (χ2n) is 9.12. The van der Waals surface area contributed by atoms with Crippen molar-refractivity contribution in [3.63, 3.8) is 0 Å². The van der Waals surface area contributed by atoms with Gasteiger partial charge in [-0.2, -0.15) is 0 Å². The quantitative estimate of drug-likeness (QED) is 0.247. The maximum Gasteiger partial charge on any atom is 0.159 e. The van der Waals surface area contributed by atoms with Crippen molar-refractivity contribution in [2.24, 2.45) is 0 Å². The molecule has 0 radical (unpaired) electrons. The fourth-order valence-corrected chi connectivity index (χ4v) is 5.16. The first-order chi connectivity index (χ1) is 17.8. The van der Waals surface area contributed by atoms with Crippen molar-refractivity contribution in [2.75, 3.05) is 0 Å². The second-order valence-corrected chi connectivity index (χ2v) is 9.12. The van der Waals surface area contributed by atoms with Crippen molar-refractivity contribution in [1.29, 1.82) is 0 Å². The molecule has 0 unspecified atom stereocenters. The summed E-state index contributed by atoms with van der Waals surface area (Å²) in [6.45, 7) is 0. The summed E-state index contributed by atoms with van der Waals surface area (Å²) in [7, 11) is 0. The molecule has 2 nitrogen and oxygen atoms in total. The first-order valence-corrected chi connectivity index (χ1v) is 12.2. The Morgan fingerprint density at radius 2 is 0.917 bits per heavy atom. The Labute approximate surface area is 209 Å². The van der Waals surface area contributed by atoms with Gasteiger partial charge in [-0.25, -0.2) is 9.97 Å². The minimum atomic E-state index is 0.750. The van der Waals surface area contributed by atoms with Crippen LogP contribution in [0.15, 0.2) is 134 Å². The first kappa shape index (κ1) is 20.5. The summed E-state index contributed by atoms with van der Waals surface area (Å²) in [5.41, 5.74) is 5.98. The third-order valence-corrected chi connectivity index (χ3v) is 6.94. The van der Waals surface area contributed by atoms with Crippen LogP contribution < -0.4 is 0 Å². The van der Waals surface area contributed by atoms with Crippen molar-refractivity contribution in [1.82, 2.24) is 9.97 Å². The average molecular weight is 459 g/mol. The highest BCUT2D eigenvalue weighted by molar-refractivity contribution is 6.10. The van der Waals surface area contributed by atoms with Crippen molar-refractivity contribution >= 4 is 32.3 Å². The zero-order valence-corrected chi connectivity index (χ0v) is 19.6. The van der Waals surface area contributed by atoms with E-state index in [2.05, 4.69) is 125 Å². The van der Waals surface area contributed by atoms with Gasteiger partial charge in [-0.15, -0.1) is 0 Å². The summed E-state index contributed by atoms with van der Waals surface area (Å²) >= 11 is 0. The summed E-state index contributed by atoms with van der Waals surface area (Å²) in [4.78, 5) is 8.81. The minimum absolute atomic E-state index is 0.750. The molecule has 0 aliphatic carbocycles. The van der Waals surface area contributed by atoms with E-state index in [0.717, 1.165) is 11.4 Å². The van der Waals surface area contributed by atoms with Crippen LogP contribution in [0, 0.1) is 0 Å². The minimum Gasteiger partial charge on any atom is -0.237 e. The number of nitrogens with zero attached hydrogens (tertiary/aromatic N) is 2. The second kappa shape index (κ2) is 8.44. The third kappa shape index (κ3) is 3.52. The molecule has 0 atom stereocenters. The van der Waals surface area contributed by atoms with Gasteiger partial charge >= 0.3 is 0 Å². The first-order valence-electron chi connectivity index (χ1n) is 12.2. The predicted octanol–water partition coefficient (Wildman–Crippen LogP) is 8.94. The molecule has 0 aliphatic rings. The lowest BCUT2D eigenvalue weighted by atomic mass is 9.90. The van der Waals surface area contributed by atoms with E-state index < -0.39 is 0 Å². The van der Waals surface area contributed by atoms with E-state index >= 15 is 0 Å². The number of hydrogen-bond acceptors (Lipinski definition) is 2. The molecule has 0 aliphatic heterocycles. The van der Waals surface area contributed by atoms with Gasteiger partial charge in [0.05, 0.1) is 0 Å². The fraction of sp³-hybridized carbons (Fsp3) is 0. The van der Waals surface area contributed by atoms with Crippen molar-refractivity contribution in [2.45, 2.75) is 0 Å². The zero-order chi connectivity index (χ0) is 23.9. The number of rotatable bonds is 3. The van der Waals surface area contributed by atoms with Crippen LogP contribution in [0.1, 0.15) is 0 Å². The van der Waals surface area contributed by atoms with Gasteiger partial charge in [0.25, 0.3) is 0 Å². The topological polar surface area (TPSA) is 25.8 Å². The normalized spacial score (nSPS) is 11.3. The van der Waals surface area contributed by atoms with Crippen LogP contribution in [0.4, 0.5) is 0 Å². The summed E-state index contributed by atoms with van der Waals surface area (Å²) < 4.78 is 0. The van der Waals surface area contributed by atoms with Crippen LogP contribution in [0.5, 0.6) is 0 Å². The van der Waals surface area contributed by atoms with Crippen molar-refractivity contribution < 1.29 is 0 Å². The molecule has 7 aromatic rings. The highest BCUT2D eigenvalue weighted by Gasteiger charge is 2.12. The molecule has 1 heterocycles. The Balaban J connectivity index is 1.40. The molecule has 7 rings (SSSR count). The highest BCUT2D eigenvalue weighted by Crippen LogP contribution is 2.38. The average Bonchev–Trinajstić information content (AvgIpc) is 2.96. The summed E-state index contributed by atoms with van der Waals surface area (Å²) in [6.07, 6.45) is 3.57. The molecule has 168 valence electrons. The Bertz CT molecular complexity index is 1870. The van der Waals surface area contributed by atoms with Gasteiger partial charge in [0.15, 0.2) is 5.82 Å². The largest absolute Gasteiger partial charge is 0.237 e. The van der Waals surface area contributed by atoms with Gasteiger partial charge in [-0.05, 0) is 84.9 Å². The number of benzene rings is 6. The van der Waals surface area contributed by atoms with Gasteiger partial charge in [0.2, 0.25) is 0 Å². The Morgan fingerprint density at radius 3 is 1.58 bits per heavy atom. The van der Waals surface area contributed by atoms with Crippen LogP contribution in [0.2, 0.25) is 0 Å². The molecule has 2 heteroatoms. The van der Waals surface area contributed by atoms with Crippen LogP contribution in [-0.2, 0) is 0 Å². The smallest absolute Gasteiger partial charge is 0.159 e. The van der Waals surface area contributed by atoms with Gasteiger partial charge in [0, 0.05) is 18.0 Å². The molecule has 0 bridgehead atoms. The maximum atomic E-state index is 4.41. The molecule has 6 aromatic carbocycles. The summed E-state index contributed by atoms with van der Waals surface area (Å²) in [5.74, 6) is 0.750. The monoisotopic (exact) mass is 458 g/mol. The lowest BCUT2D eigenvalue weighted by Gasteiger charge is -2.14. The van der Waals surface area contributed by atoms with Crippen molar-refractivity contribution in [3.05, 3.63) is 134 Å². The highest BCUT2D eigenvalue weighted by atomic mass is 14.8. The maximum absolute atomic E-state index is 4.41. The van der Waals surface area contributed by atoms with Crippen LogP contribution in [0.25, 0.3) is 66.0 Å². The lowest BCUT2D eigenvalue weighted by molar-refractivity contribution is 1.18. The van der Waals surface area contributed by atoms with Crippen LogP contribution >= 0.6 is 0 Å². The van der Waals surface area contributed by atoms with Gasteiger partial charge < -0.3 is 0 Å². The van der Waals surface area contributed by atoms with E-state index in [9.17, 15) is 0 Å². The molecular weight excluding hydrogens is 436 g/mol. The number of hydrogen-bond donors (Lipinski definition) is 0. The zero-order valence-electron chi connectivity index (χ0n) is 19.6. The number of fused-ring (bicyclic) bond motifs is 4. The van der Waals surface area contributed by atoms with Crippen LogP contribution in [0.3, 0.4) is 0 Å². The molecule has 0 saturated carbocycles. The Morgan fingerprint density at radius 1 is 0.361 bits per heavy atom. The lowest BCUT2D eigenvalue weighted by Crippen LogP contribution is -1.89. The standard InChI is InChI=1S/C34H22N2/c1-2-7-23(8-3-1)32-21-24-9-4-5-10-25(24)22-33(32)28-13-15-30-26(19-28)11-12-27-20-29(14-16-31(27)30)34-35-17-6-18-36-34/h1-22H. The molecule has 1 aromatic heterocycles. The van der Waals surface area contributed by atoms with E-state index in [-0.39, 0.29) is 0 Å². The van der Waals surface area contributed by atoms with Crippen molar-refractivity contribution in [3.8, 4) is 33.6 Å². The van der Waals surface area contributed by atoms with E-state index in [1.165, 1.54) is 54.6 Å². The van der Waals surface area contributed by atoms with Gasteiger partial charge in [-0.1, -0.05) is 91.0 Å². The Hall–Kier alpha value is -4.82. The van der Waals surface area contributed by atoms with Crippen LogP contribution in [-0.4, -0.2) is 9.97 Å². The molecular formula is C34H22N2. The molecule has 0 spiro atoms. The number of aromatic nitrogens is 2. The SMILES string of the molecule is c1ccc(-c2cc3ccccc3cc2-c2ccc3c(ccc4cc(-c5ncccn5)ccc43)c2)cc1. The van der Waals surface area contributed by atoms with E-state index in [0.29, 0.717) is 0 Å². The van der Waals surface area contributed by atoms with E-state index in [1.54, 1.807) is 12.4 Å². The summed E-state index contributed by atoms with van der Waals surface area (Å²) in [6, 6.07) is 43.5. The molecule has 0 N–H and O–H groups in total. The predicted molar refractivity (Wildman–Crippen MR) is 151 cm³/mol. The fourth-order valence-electron chi connectivity index (χ4n) is 5.16. The molecule has 0 amide bonds. The molecule has 0 fully saturated rings. The van der Waals surface area contributed by atoms with Gasteiger partial charge in [-0.3, -0.25) is 0 Å².